The summed E-state index contributed by atoms with van der Waals surface area (Å²) >= 11 is 5.69. The first-order chi connectivity index (χ1) is 8.13. The first kappa shape index (κ1) is 12.8. The van der Waals surface area contributed by atoms with Crippen molar-refractivity contribution in [2.75, 3.05) is 12.5 Å². The maximum Gasteiger partial charge on any atom is 0.237 e. The van der Waals surface area contributed by atoms with Crippen molar-refractivity contribution in [3.8, 4) is 17.9 Å². The van der Waals surface area contributed by atoms with Gasteiger partial charge in [-0.25, -0.2) is 4.39 Å². The van der Waals surface area contributed by atoms with Gasteiger partial charge in [0.1, 0.15) is 12.1 Å². The Kier molecular flexibility index (Phi) is 4.27. The highest BCUT2D eigenvalue weighted by Crippen LogP contribution is 2.32. The van der Waals surface area contributed by atoms with Gasteiger partial charge >= 0.3 is 0 Å². The van der Waals surface area contributed by atoms with Crippen LogP contribution < -0.4 is 10.2 Å². The van der Waals surface area contributed by atoms with Crippen LogP contribution in [0.25, 0.3) is 0 Å². The maximum atomic E-state index is 13.7. The average molecular weight is 253 g/mol. The molecular formula is C10H6ClFN4O. The molecule has 0 aliphatic carbocycles. The van der Waals surface area contributed by atoms with E-state index in [0.717, 1.165) is 0 Å². The predicted octanol–water partition coefficient (Wildman–Crippen LogP) is 2.30. The molecule has 0 amide bonds. The van der Waals surface area contributed by atoms with Crippen molar-refractivity contribution in [3.63, 3.8) is 0 Å². The molecular weight excluding hydrogens is 247 g/mol. The lowest BCUT2D eigenvalue weighted by Gasteiger charge is -2.08. The summed E-state index contributed by atoms with van der Waals surface area (Å²) < 4.78 is 18.4. The monoisotopic (exact) mass is 252 g/mol. The number of methoxy groups -OCH3 is 1. The number of halogens is 2. The van der Waals surface area contributed by atoms with Gasteiger partial charge in [0.05, 0.1) is 17.8 Å². The van der Waals surface area contributed by atoms with Gasteiger partial charge in [-0.3, -0.25) is 5.43 Å². The maximum absolute atomic E-state index is 13.7. The smallest absolute Gasteiger partial charge is 0.237 e. The van der Waals surface area contributed by atoms with E-state index in [4.69, 9.17) is 26.9 Å². The predicted molar refractivity (Wildman–Crippen MR) is 60.2 cm³/mol. The highest BCUT2D eigenvalue weighted by molar-refractivity contribution is 6.32. The van der Waals surface area contributed by atoms with Crippen molar-refractivity contribution in [2.24, 2.45) is 5.10 Å². The largest absolute Gasteiger partial charge is 0.492 e. The fourth-order valence-corrected chi connectivity index (χ4v) is 1.22. The molecule has 7 heteroatoms. The number of hydrazone groups is 1. The third kappa shape index (κ3) is 2.83. The quantitative estimate of drug-likeness (QED) is 0.661. The van der Waals surface area contributed by atoms with Crippen molar-refractivity contribution in [2.45, 2.75) is 0 Å². The number of nitriles is 2. The zero-order chi connectivity index (χ0) is 12.8. The minimum Gasteiger partial charge on any atom is -0.492 e. The van der Waals surface area contributed by atoms with Crippen LogP contribution in [0.5, 0.6) is 5.75 Å². The SMILES string of the molecule is COc1c(Cl)ccc(NN=C(C#N)C#N)c1F. The molecule has 1 rings (SSSR count). The number of rotatable bonds is 3. The lowest BCUT2D eigenvalue weighted by molar-refractivity contribution is 0.387. The molecule has 0 spiro atoms. The fourth-order valence-electron chi connectivity index (χ4n) is 0.997. The van der Waals surface area contributed by atoms with Crippen LogP contribution in [0, 0.1) is 28.5 Å². The molecule has 0 fully saturated rings. The van der Waals surface area contributed by atoms with E-state index in [2.05, 4.69) is 10.5 Å². The lowest BCUT2D eigenvalue weighted by atomic mass is 10.3. The number of hydrogen-bond donors (Lipinski definition) is 1. The van der Waals surface area contributed by atoms with Crippen molar-refractivity contribution in [1.29, 1.82) is 10.5 Å². The topological polar surface area (TPSA) is 81.2 Å². The number of anilines is 1. The van der Waals surface area contributed by atoms with Crippen LogP contribution in [0.2, 0.25) is 5.02 Å². The molecule has 86 valence electrons. The van der Waals surface area contributed by atoms with E-state index in [1.807, 2.05) is 0 Å². The van der Waals surface area contributed by atoms with E-state index in [0.29, 0.717) is 0 Å². The summed E-state index contributed by atoms with van der Waals surface area (Å²) in [6.07, 6.45) is 0. The molecule has 1 aromatic carbocycles. The van der Waals surface area contributed by atoms with Crippen LogP contribution in [-0.4, -0.2) is 12.8 Å². The summed E-state index contributed by atoms with van der Waals surface area (Å²) in [7, 11) is 1.27. The molecule has 1 aromatic rings. The first-order valence-electron chi connectivity index (χ1n) is 4.30. The number of hydrogen-bond acceptors (Lipinski definition) is 5. The van der Waals surface area contributed by atoms with Crippen LogP contribution in [0.3, 0.4) is 0 Å². The van der Waals surface area contributed by atoms with Crippen molar-refractivity contribution in [3.05, 3.63) is 23.0 Å². The third-order valence-electron chi connectivity index (χ3n) is 1.75. The summed E-state index contributed by atoms with van der Waals surface area (Å²) in [6.45, 7) is 0. The van der Waals surface area contributed by atoms with Crippen LogP contribution in [0.4, 0.5) is 10.1 Å². The zero-order valence-electron chi connectivity index (χ0n) is 8.66. The van der Waals surface area contributed by atoms with Crippen molar-refractivity contribution in [1.82, 2.24) is 0 Å². The van der Waals surface area contributed by atoms with E-state index < -0.39 is 11.5 Å². The lowest BCUT2D eigenvalue weighted by Crippen LogP contribution is -2.00. The minimum atomic E-state index is -0.751. The zero-order valence-corrected chi connectivity index (χ0v) is 9.42. The Morgan fingerprint density at radius 3 is 2.65 bits per heavy atom. The summed E-state index contributed by atoms with van der Waals surface area (Å²) in [4.78, 5) is 0. The Hall–Kier alpha value is -2.31. The molecule has 0 bridgehead atoms. The second-order valence-corrected chi connectivity index (χ2v) is 3.15. The Labute approximate surface area is 102 Å². The highest BCUT2D eigenvalue weighted by atomic mass is 35.5. The molecule has 0 atom stereocenters. The van der Waals surface area contributed by atoms with E-state index in [9.17, 15) is 4.39 Å². The molecule has 1 N–H and O–H groups in total. The molecule has 5 nitrogen and oxygen atoms in total. The van der Waals surface area contributed by atoms with Gasteiger partial charge in [-0.15, -0.1) is 0 Å². The molecule has 0 heterocycles. The summed E-state index contributed by atoms with van der Waals surface area (Å²) in [5.41, 5.74) is 1.78. The summed E-state index contributed by atoms with van der Waals surface area (Å²) in [5.74, 6) is -0.888. The second-order valence-electron chi connectivity index (χ2n) is 2.74. The van der Waals surface area contributed by atoms with E-state index in [1.54, 1.807) is 0 Å². The molecule has 0 aliphatic rings. The van der Waals surface area contributed by atoms with E-state index in [1.165, 1.54) is 31.4 Å². The van der Waals surface area contributed by atoms with Crippen LogP contribution >= 0.6 is 11.6 Å². The Morgan fingerprint density at radius 1 is 1.47 bits per heavy atom. The highest BCUT2D eigenvalue weighted by Gasteiger charge is 2.12. The number of nitrogens with zero attached hydrogens (tertiary/aromatic N) is 3. The summed E-state index contributed by atoms with van der Waals surface area (Å²) in [6, 6.07) is 5.77. The van der Waals surface area contributed by atoms with Crippen molar-refractivity contribution >= 4 is 23.0 Å². The molecule has 0 aliphatic heterocycles. The summed E-state index contributed by atoms with van der Waals surface area (Å²) in [5, 5.41) is 20.4. The number of benzene rings is 1. The van der Waals surface area contributed by atoms with Gasteiger partial charge in [0.25, 0.3) is 0 Å². The Balaban J connectivity index is 3.07. The molecule has 0 saturated carbocycles. The van der Waals surface area contributed by atoms with Gasteiger partial charge in [-0.2, -0.15) is 15.6 Å². The van der Waals surface area contributed by atoms with Crippen LogP contribution in [0.15, 0.2) is 17.2 Å². The van der Waals surface area contributed by atoms with Gasteiger partial charge in [0, 0.05) is 0 Å². The molecule has 0 aromatic heterocycles. The minimum absolute atomic E-state index is 0.0470. The average Bonchev–Trinajstić information content (AvgIpc) is 2.33. The third-order valence-corrected chi connectivity index (χ3v) is 2.05. The standard InChI is InChI=1S/C10H6ClFN4O/c1-17-10-7(11)2-3-8(9(10)12)16-15-6(4-13)5-14/h2-3,16H,1H3. The van der Waals surface area contributed by atoms with Crippen LogP contribution in [0.1, 0.15) is 0 Å². The fraction of sp³-hybridized carbons (Fsp3) is 0.100. The van der Waals surface area contributed by atoms with Crippen LogP contribution in [-0.2, 0) is 0 Å². The van der Waals surface area contributed by atoms with Gasteiger partial charge in [0.2, 0.25) is 5.71 Å². The van der Waals surface area contributed by atoms with Crippen molar-refractivity contribution < 1.29 is 9.13 Å². The Bertz CT molecular complexity index is 528. The molecule has 17 heavy (non-hydrogen) atoms. The normalized spacial score (nSPS) is 8.76. The first-order valence-corrected chi connectivity index (χ1v) is 4.67. The molecule has 0 radical (unpaired) electrons. The van der Waals surface area contributed by atoms with Gasteiger partial charge in [-0.1, -0.05) is 11.6 Å². The van der Waals surface area contributed by atoms with Gasteiger partial charge in [-0.05, 0) is 12.1 Å². The second kappa shape index (κ2) is 5.69. The van der Waals surface area contributed by atoms with E-state index in [-0.39, 0.29) is 16.5 Å². The Morgan fingerprint density at radius 2 is 2.12 bits per heavy atom. The molecule has 0 unspecified atom stereocenters. The number of ether oxygens (including phenoxy) is 1. The number of nitrogens with one attached hydrogen (secondary N) is 1. The van der Waals surface area contributed by atoms with E-state index >= 15 is 0 Å². The van der Waals surface area contributed by atoms with Gasteiger partial charge < -0.3 is 4.74 Å². The molecule has 0 saturated heterocycles. The van der Waals surface area contributed by atoms with Gasteiger partial charge in [0.15, 0.2) is 11.6 Å².